The standard InChI is InChI=1S/C11H16N2O.2ClH/c1-2-11(10-3-8-14-9-10)13-6-4-12-5-7-13;;/h2-3,8-9,11-12H,1,4-7H2;2*1H/t11-;;/m1../s1. The van der Waals surface area contributed by atoms with Gasteiger partial charge in [0, 0.05) is 31.7 Å². The summed E-state index contributed by atoms with van der Waals surface area (Å²) < 4.78 is 5.10. The van der Waals surface area contributed by atoms with E-state index in [0.717, 1.165) is 26.2 Å². The van der Waals surface area contributed by atoms with Crippen LogP contribution in [0.25, 0.3) is 0 Å². The van der Waals surface area contributed by atoms with Gasteiger partial charge in [0.15, 0.2) is 0 Å². The van der Waals surface area contributed by atoms with E-state index >= 15 is 0 Å². The molecule has 2 heterocycles. The summed E-state index contributed by atoms with van der Waals surface area (Å²) in [5, 5.41) is 3.34. The molecule has 0 radical (unpaired) electrons. The lowest BCUT2D eigenvalue weighted by atomic mass is 10.1. The highest BCUT2D eigenvalue weighted by Crippen LogP contribution is 2.22. The molecule has 1 aromatic rings. The fourth-order valence-corrected chi connectivity index (χ4v) is 1.90. The average Bonchev–Trinajstić information content (AvgIpc) is 2.74. The van der Waals surface area contributed by atoms with Crippen LogP contribution in [0, 0.1) is 0 Å². The first-order chi connectivity index (χ1) is 6.92. The van der Waals surface area contributed by atoms with Crippen molar-refractivity contribution in [2.75, 3.05) is 26.2 Å². The highest BCUT2D eigenvalue weighted by molar-refractivity contribution is 5.85. The molecule has 1 fully saturated rings. The Labute approximate surface area is 109 Å². The van der Waals surface area contributed by atoms with E-state index in [1.165, 1.54) is 5.56 Å². The van der Waals surface area contributed by atoms with E-state index in [0.29, 0.717) is 6.04 Å². The van der Waals surface area contributed by atoms with E-state index in [1.807, 2.05) is 12.1 Å². The van der Waals surface area contributed by atoms with Gasteiger partial charge in [0.2, 0.25) is 0 Å². The van der Waals surface area contributed by atoms with Gasteiger partial charge in [-0.2, -0.15) is 0 Å². The van der Waals surface area contributed by atoms with Crippen molar-refractivity contribution in [2.45, 2.75) is 6.04 Å². The normalized spacial score (nSPS) is 18.0. The van der Waals surface area contributed by atoms with Crippen molar-refractivity contribution in [1.29, 1.82) is 0 Å². The molecule has 0 amide bonds. The lowest BCUT2D eigenvalue weighted by Gasteiger charge is -2.32. The molecule has 3 nitrogen and oxygen atoms in total. The summed E-state index contributed by atoms with van der Waals surface area (Å²) in [7, 11) is 0. The molecule has 0 aliphatic carbocycles. The monoisotopic (exact) mass is 264 g/mol. The Hall–Kier alpha value is -0.480. The maximum Gasteiger partial charge on any atom is 0.0953 e. The predicted octanol–water partition coefficient (Wildman–Crippen LogP) is 2.26. The van der Waals surface area contributed by atoms with Crippen LogP contribution >= 0.6 is 24.8 Å². The minimum Gasteiger partial charge on any atom is -0.472 e. The lowest BCUT2D eigenvalue weighted by Crippen LogP contribution is -2.44. The van der Waals surface area contributed by atoms with Crippen LogP contribution < -0.4 is 5.32 Å². The van der Waals surface area contributed by atoms with E-state index in [4.69, 9.17) is 4.42 Å². The SMILES string of the molecule is C=C[C@H](c1ccoc1)N1CCNCC1.Cl.Cl. The van der Waals surface area contributed by atoms with Crippen LogP contribution in [-0.2, 0) is 0 Å². The smallest absolute Gasteiger partial charge is 0.0953 e. The largest absolute Gasteiger partial charge is 0.472 e. The van der Waals surface area contributed by atoms with Crippen molar-refractivity contribution < 1.29 is 4.42 Å². The number of rotatable bonds is 3. The number of piperazine rings is 1. The number of nitrogens with zero attached hydrogens (tertiary/aromatic N) is 1. The van der Waals surface area contributed by atoms with Crippen molar-refractivity contribution >= 4 is 24.8 Å². The molecule has 5 heteroatoms. The van der Waals surface area contributed by atoms with Crippen molar-refractivity contribution in [3.8, 4) is 0 Å². The van der Waals surface area contributed by atoms with Gasteiger partial charge in [0.05, 0.1) is 18.6 Å². The number of furan rings is 1. The molecule has 0 aromatic carbocycles. The van der Waals surface area contributed by atoms with E-state index in [9.17, 15) is 0 Å². The number of nitrogens with one attached hydrogen (secondary N) is 1. The molecule has 1 aliphatic heterocycles. The third kappa shape index (κ3) is 3.52. The van der Waals surface area contributed by atoms with Crippen molar-refractivity contribution in [2.24, 2.45) is 0 Å². The number of hydrogen-bond acceptors (Lipinski definition) is 3. The average molecular weight is 265 g/mol. The summed E-state index contributed by atoms with van der Waals surface area (Å²) >= 11 is 0. The molecular weight excluding hydrogens is 247 g/mol. The van der Waals surface area contributed by atoms with Gasteiger partial charge in [-0.15, -0.1) is 31.4 Å². The zero-order valence-corrected chi connectivity index (χ0v) is 10.7. The van der Waals surface area contributed by atoms with Crippen LogP contribution in [0.4, 0.5) is 0 Å². The Bertz CT molecular complexity index is 284. The van der Waals surface area contributed by atoms with Crippen LogP contribution in [0.2, 0.25) is 0 Å². The zero-order chi connectivity index (χ0) is 9.80. The molecule has 0 saturated carbocycles. The number of hydrogen-bond donors (Lipinski definition) is 1. The molecule has 1 aromatic heterocycles. The van der Waals surface area contributed by atoms with E-state index in [-0.39, 0.29) is 24.8 Å². The molecule has 1 atom stereocenters. The molecule has 0 spiro atoms. The maximum atomic E-state index is 5.10. The van der Waals surface area contributed by atoms with Gasteiger partial charge in [-0.05, 0) is 6.07 Å². The van der Waals surface area contributed by atoms with Crippen molar-refractivity contribution in [1.82, 2.24) is 10.2 Å². The minimum atomic E-state index is 0. The summed E-state index contributed by atoms with van der Waals surface area (Å²) in [5.74, 6) is 0. The highest BCUT2D eigenvalue weighted by atomic mass is 35.5. The second-order valence-electron chi connectivity index (χ2n) is 3.52. The van der Waals surface area contributed by atoms with E-state index in [1.54, 1.807) is 12.5 Å². The fourth-order valence-electron chi connectivity index (χ4n) is 1.90. The first kappa shape index (κ1) is 15.5. The zero-order valence-electron chi connectivity index (χ0n) is 9.09. The van der Waals surface area contributed by atoms with Gasteiger partial charge in [-0.25, -0.2) is 0 Å². The molecule has 1 aliphatic rings. The molecule has 0 unspecified atom stereocenters. The van der Waals surface area contributed by atoms with Crippen LogP contribution in [0.1, 0.15) is 11.6 Å². The second kappa shape index (κ2) is 7.74. The fraction of sp³-hybridized carbons (Fsp3) is 0.455. The molecule has 92 valence electrons. The Morgan fingerprint density at radius 3 is 2.56 bits per heavy atom. The maximum absolute atomic E-state index is 5.10. The highest BCUT2D eigenvalue weighted by Gasteiger charge is 2.19. The first-order valence-electron chi connectivity index (χ1n) is 5.01. The third-order valence-corrected chi connectivity index (χ3v) is 2.65. The number of halogens is 2. The van der Waals surface area contributed by atoms with Crippen LogP contribution in [0.3, 0.4) is 0 Å². The topological polar surface area (TPSA) is 28.4 Å². The molecular formula is C11H18Cl2N2O. The first-order valence-corrected chi connectivity index (χ1v) is 5.01. The van der Waals surface area contributed by atoms with Gasteiger partial charge < -0.3 is 9.73 Å². The van der Waals surface area contributed by atoms with Crippen LogP contribution in [0.15, 0.2) is 35.7 Å². The minimum absolute atomic E-state index is 0. The predicted molar refractivity (Wildman–Crippen MR) is 70.6 cm³/mol. The van der Waals surface area contributed by atoms with E-state index < -0.39 is 0 Å². The van der Waals surface area contributed by atoms with Gasteiger partial charge in [-0.1, -0.05) is 6.08 Å². The summed E-state index contributed by atoms with van der Waals surface area (Å²) in [6.45, 7) is 8.15. The van der Waals surface area contributed by atoms with Crippen LogP contribution in [0.5, 0.6) is 0 Å². The quantitative estimate of drug-likeness (QED) is 0.850. The summed E-state index contributed by atoms with van der Waals surface area (Å²) in [6, 6.07) is 2.31. The van der Waals surface area contributed by atoms with Gasteiger partial charge in [-0.3, -0.25) is 4.90 Å². The summed E-state index contributed by atoms with van der Waals surface area (Å²) in [4.78, 5) is 2.41. The van der Waals surface area contributed by atoms with Gasteiger partial charge in [0.1, 0.15) is 0 Å². The Balaban J connectivity index is 0.00000112. The molecule has 1 saturated heterocycles. The van der Waals surface area contributed by atoms with Crippen molar-refractivity contribution in [3.63, 3.8) is 0 Å². The molecule has 16 heavy (non-hydrogen) atoms. The summed E-state index contributed by atoms with van der Waals surface area (Å²) in [6.07, 6.45) is 5.50. The Morgan fingerprint density at radius 1 is 1.38 bits per heavy atom. The lowest BCUT2D eigenvalue weighted by molar-refractivity contribution is 0.203. The molecule has 0 bridgehead atoms. The van der Waals surface area contributed by atoms with Gasteiger partial charge >= 0.3 is 0 Å². The van der Waals surface area contributed by atoms with Crippen LogP contribution in [-0.4, -0.2) is 31.1 Å². The second-order valence-corrected chi connectivity index (χ2v) is 3.52. The van der Waals surface area contributed by atoms with Crippen molar-refractivity contribution in [3.05, 3.63) is 36.8 Å². The van der Waals surface area contributed by atoms with E-state index in [2.05, 4.69) is 16.8 Å². The third-order valence-electron chi connectivity index (χ3n) is 2.65. The Morgan fingerprint density at radius 2 is 2.06 bits per heavy atom. The summed E-state index contributed by atoms with van der Waals surface area (Å²) in [5.41, 5.74) is 1.20. The Kier molecular flexibility index (Phi) is 7.51. The van der Waals surface area contributed by atoms with Gasteiger partial charge in [0.25, 0.3) is 0 Å². The molecule has 1 N–H and O–H groups in total. The molecule has 2 rings (SSSR count).